The summed E-state index contributed by atoms with van der Waals surface area (Å²) in [5.74, 6) is -2.36. The van der Waals surface area contributed by atoms with Crippen LogP contribution in [-0.2, 0) is 24.0 Å². The monoisotopic (exact) mass is 477 g/mol. The molecule has 5 rings (SSSR count). The quantitative estimate of drug-likeness (QED) is 0.708. The summed E-state index contributed by atoms with van der Waals surface area (Å²) in [5.41, 5.74) is -2.38. The molecule has 0 radical (unpaired) electrons. The second kappa shape index (κ2) is 7.86. The van der Waals surface area contributed by atoms with Crippen molar-refractivity contribution in [3.8, 4) is 5.75 Å². The number of benzene rings is 1. The average Bonchev–Trinajstić information content (AvgIpc) is 3.15. The predicted octanol–water partition coefficient (Wildman–Crippen LogP) is 2.54. The molecule has 2 aliphatic heterocycles. The van der Waals surface area contributed by atoms with Gasteiger partial charge in [0.25, 0.3) is 11.8 Å². The Hall–Kier alpha value is -3.34. The van der Waals surface area contributed by atoms with E-state index in [2.05, 4.69) is 5.32 Å². The zero-order chi connectivity index (χ0) is 24.4. The molecule has 180 valence electrons. The van der Waals surface area contributed by atoms with Crippen LogP contribution in [-0.4, -0.2) is 44.8 Å². The van der Waals surface area contributed by atoms with Crippen LogP contribution in [0.5, 0.6) is 5.75 Å². The number of amides is 2. The zero-order valence-electron chi connectivity index (χ0n) is 18.2. The fourth-order valence-corrected chi connectivity index (χ4v) is 5.09. The number of alkyl halides is 3. The van der Waals surface area contributed by atoms with Gasteiger partial charge >= 0.3 is 6.18 Å². The third-order valence-electron chi connectivity index (χ3n) is 6.71. The van der Waals surface area contributed by atoms with Gasteiger partial charge in [0.15, 0.2) is 17.7 Å². The highest BCUT2D eigenvalue weighted by molar-refractivity contribution is 5.99. The van der Waals surface area contributed by atoms with Crippen LogP contribution in [0.2, 0.25) is 0 Å². The van der Waals surface area contributed by atoms with Crippen molar-refractivity contribution >= 4 is 11.8 Å². The number of aromatic hydroxyl groups is 1. The number of carbonyl (C=O) groups excluding carboxylic acids is 2. The number of halogens is 3. The van der Waals surface area contributed by atoms with Crippen molar-refractivity contribution in [2.45, 2.75) is 63.8 Å². The molecule has 1 aromatic carbocycles. The summed E-state index contributed by atoms with van der Waals surface area (Å²) in [7, 11) is 0. The van der Waals surface area contributed by atoms with Gasteiger partial charge in [-0.15, -0.1) is 0 Å². The lowest BCUT2D eigenvalue weighted by Crippen LogP contribution is -2.57. The van der Waals surface area contributed by atoms with Gasteiger partial charge in [-0.2, -0.15) is 13.2 Å². The number of aryl methyl sites for hydroxylation is 1. The summed E-state index contributed by atoms with van der Waals surface area (Å²) >= 11 is 0. The lowest BCUT2D eigenvalue weighted by atomic mass is 10.0. The van der Waals surface area contributed by atoms with Gasteiger partial charge in [0, 0.05) is 18.8 Å². The van der Waals surface area contributed by atoms with Crippen LogP contribution in [0.25, 0.3) is 0 Å². The average molecular weight is 477 g/mol. The van der Waals surface area contributed by atoms with E-state index in [1.165, 1.54) is 23.6 Å². The van der Waals surface area contributed by atoms with E-state index < -0.39 is 53.1 Å². The van der Waals surface area contributed by atoms with Gasteiger partial charge in [0.05, 0.1) is 18.2 Å². The number of pyridine rings is 1. The first kappa shape index (κ1) is 22.5. The Labute approximate surface area is 191 Å². The van der Waals surface area contributed by atoms with Crippen LogP contribution in [0.4, 0.5) is 13.2 Å². The van der Waals surface area contributed by atoms with E-state index in [4.69, 9.17) is 4.74 Å². The number of carbonyl (C=O) groups is 2. The Bertz CT molecular complexity index is 1260. The minimum absolute atomic E-state index is 0.0279. The molecule has 1 aliphatic carbocycles. The third kappa shape index (κ3) is 3.64. The SMILES string of the molecule is Cc1ccc(CNC(=O)c2cn3c(c(O)c2=O)C(=O)N2[C@H]4CC[C@H](C4)O[C@@H]2C3)c(C(F)(F)F)c1. The lowest BCUT2D eigenvalue weighted by molar-refractivity contribution is -0.138. The Morgan fingerprint density at radius 2 is 2.03 bits per heavy atom. The highest BCUT2D eigenvalue weighted by Gasteiger charge is 2.47. The van der Waals surface area contributed by atoms with Crippen LogP contribution in [0.1, 0.15) is 56.8 Å². The fourth-order valence-electron chi connectivity index (χ4n) is 5.09. The number of hydrogen-bond donors (Lipinski definition) is 2. The molecular weight excluding hydrogens is 455 g/mol. The van der Waals surface area contributed by atoms with Gasteiger partial charge in [-0.1, -0.05) is 17.7 Å². The van der Waals surface area contributed by atoms with Gasteiger partial charge in [-0.05, 0) is 37.8 Å². The maximum absolute atomic E-state index is 13.4. The van der Waals surface area contributed by atoms with E-state index in [-0.39, 0.29) is 29.9 Å². The number of nitrogens with one attached hydrogen (secondary N) is 1. The standard InChI is InChI=1S/C23H22F3N3O5/c1-11-2-3-12(16(6-11)23(24,25)26)8-27-21(32)15-9-28-10-17-29(13-4-5-14(7-13)34-17)22(33)18(28)20(31)19(15)30/h2-3,6,9,13-14,17,31H,4-5,7-8,10H2,1H3,(H,27,32)/t13-,14+,17+/m0/s1. The summed E-state index contributed by atoms with van der Waals surface area (Å²) < 4.78 is 47.4. The largest absolute Gasteiger partial charge is 0.503 e. The molecule has 2 N–H and O–H groups in total. The molecule has 2 fully saturated rings. The van der Waals surface area contributed by atoms with Crippen molar-refractivity contribution in [3.05, 3.63) is 62.6 Å². The first-order valence-corrected chi connectivity index (χ1v) is 10.9. The van der Waals surface area contributed by atoms with Crippen LogP contribution < -0.4 is 10.7 Å². The van der Waals surface area contributed by atoms with Gasteiger partial charge < -0.3 is 24.6 Å². The summed E-state index contributed by atoms with van der Waals surface area (Å²) in [6, 6.07) is 3.71. The lowest BCUT2D eigenvalue weighted by Gasteiger charge is -2.44. The first-order valence-electron chi connectivity index (χ1n) is 10.9. The van der Waals surface area contributed by atoms with Gasteiger partial charge in [0.1, 0.15) is 5.56 Å². The van der Waals surface area contributed by atoms with Gasteiger partial charge in [-0.25, -0.2) is 0 Å². The number of rotatable bonds is 3. The molecule has 0 unspecified atom stereocenters. The third-order valence-corrected chi connectivity index (χ3v) is 6.71. The van der Waals surface area contributed by atoms with E-state index in [1.54, 1.807) is 4.90 Å². The molecule has 1 saturated heterocycles. The molecule has 0 spiro atoms. The van der Waals surface area contributed by atoms with Crippen molar-refractivity contribution in [1.29, 1.82) is 0 Å². The van der Waals surface area contributed by atoms with Crippen molar-refractivity contribution in [3.63, 3.8) is 0 Å². The fraction of sp³-hybridized carbons (Fsp3) is 0.435. The van der Waals surface area contributed by atoms with E-state index in [0.29, 0.717) is 12.0 Å². The summed E-state index contributed by atoms with van der Waals surface area (Å²) in [4.78, 5) is 40.1. The number of fused-ring (bicyclic) bond motifs is 5. The molecule has 3 heterocycles. The van der Waals surface area contributed by atoms with Gasteiger partial charge in [-0.3, -0.25) is 14.4 Å². The van der Waals surface area contributed by atoms with Crippen molar-refractivity contribution < 1.29 is 32.6 Å². The number of ether oxygens (including phenoxy) is 1. The van der Waals surface area contributed by atoms with Crippen molar-refractivity contribution in [2.24, 2.45) is 0 Å². The topological polar surface area (TPSA) is 101 Å². The maximum Gasteiger partial charge on any atom is 0.416 e. The molecular formula is C23H22F3N3O5. The molecule has 2 bridgehead atoms. The van der Waals surface area contributed by atoms with Crippen LogP contribution >= 0.6 is 0 Å². The van der Waals surface area contributed by atoms with Crippen molar-refractivity contribution in [1.82, 2.24) is 14.8 Å². The number of nitrogens with zero attached hydrogens (tertiary/aromatic N) is 2. The molecule has 1 aromatic heterocycles. The number of hydrogen-bond acceptors (Lipinski definition) is 5. The summed E-state index contributed by atoms with van der Waals surface area (Å²) in [6.45, 7) is 1.17. The highest BCUT2D eigenvalue weighted by Crippen LogP contribution is 2.39. The van der Waals surface area contributed by atoms with Crippen molar-refractivity contribution in [2.75, 3.05) is 0 Å². The van der Waals surface area contributed by atoms with E-state index in [0.717, 1.165) is 25.1 Å². The first-order chi connectivity index (χ1) is 16.0. The zero-order valence-corrected chi connectivity index (χ0v) is 18.2. The minimum atomic E-state index is -4.61. The normalized spacial score (nSPS) is 23.5. The van der Waals surface area contributed by atoms with Crippen LogP contribution in [0.3, 0.4) is 0 Å². The molecule has 2 amide bonds. The summed E-state index contributed by atoms with van der Waals surface area (Å²) in [6.07, 6.45) is -1.70. The maximum atomic E-state index is 13.4. The molecule has 3 aliphatic rings. The van der Waals surface area contributed by atoms with Crippen LogP contribution in [0, 0.1) is 6.92 Å². The molecule has 2 aromatic rings. The Morgan fingerprint density at radius 1 is 1.26 bits per heavy atom. The second-order valence-corrected chi connectivity index (χ2v) is 8.95. The molecule has 1 saturated carbocycles. The molecule has 34 heavy (non-hydrogen) atoms. The Kier molecular flexibility index (Phi) is 5.19. The number of aromatic nitrogens is 1. The smallest absolute Gasteiger partial charge is 0.416 e. The minimum Gasteiger partial charge on any atom is -0.503 e. The Balaban J connectivity index is 1.43. The second-order valence-electron chi connectivity index (χ2n) is 8.95. The van der Waals surface area contributed by atoms with E-state index in [1.807, 2.05) is 0 Å². The van der Waals surface area contributed by atoms with Gasteiger partial charge in [0.2, 0.25) is 5.43 Å². The van der Waals surface area contributed by atoms with E-state index >= 15 is 0 Å². The Morgan fingerprint density at radius 3 is 2.76 bits per heavy atom. The summed E-state index contributed by atoms with van der Waals surface area (Å²) in [5, 5.41) is 12.8. The predicted molar refractivity (Wildman–Crippen MR) is 112 cm³/mol. The molecule has 3 atom stereocenters. The van der Waals surface area contributed by atoms with Crippen LogP contribution in [0.15, 0.2) is 29.2 Å². The highest BCUT2D eigenvalue weighted by atomic mass is 19.4. The van der Waals surface area contributed by atoms with E-state index in [9.17, 15) is 32.7 Å². The molecule has 8 nitrogen and oxygen atoms in total. The molecule has 11 heteroatoms.